The number of nitro groups is 5. The Hall–Kier alpha value is -3.80. The third kappa shape index (κ3) is 3.13. The van der Waals surface area contributed by atoms with E-state index in [1.807, 2.05) is 0 Å². The first kappa shape index (κ1) is 19.2. The van der Waals surface area contributed by atoms with Crippen molar-refractivity contribution in [1.29, 1.82) is 0 Å². The normalized spacial score (nSPS) is 19.2. The van der Waals surface area contributed by atoms with Crippen LogP contribution in [0.3, 0.4) is 0 Å². The molecule has 0 aliphatic carbocycles. The Bertz CT molecular complexity index is 576. The van der Waals surface area contributed by atoms with Gasteiger partial charge in [-0.25, -0.2) is 15.1 Å². The maximum absolute atomic E-state index is 11.1. The fraction of sp³-hybridized carbons (Fsp3) is 1.00. The van der Waals surface area contributed by atoms with E-state index in [-0.39, 0.29) is 10.0 Å². The van der Waals surface area contributed by atoms with Gasteiger partial charge in [0, 0.05) is 0 Å². The molecule has 1 rings (SSSR count). The molecule has 0 bridgehead atoms. The molecule has 19 nitrogen and oxygen atoms in total. The van der Waals surface area contributed by atoms with E-state index in [9.17, 15) is 55.5 Å². The van der Waals surface area contributed by atoms with E-state index >= 15 is 0 Å². The first-order chi connectivity index (χ1) is 11.4. The van der Waals surface area contributed by atoms with Crippen LogP contribution in [0.2, 0.25) is 0 Å². The molecule has 25 heavy (non-hydrogen) atoms. The van der Waals surface area contributed by atoms with Crippen molar-refractivity contribution in [2.24, 2.45) is 5.29 Å². The molecule has 1 saturated heterocycles. The molecule has 0 atom stereocenters. The Morgan fingerprint density at radius 2 is 1.00 bits per heavy atom. The predicted molar refractivity (Wildman–Crippen MR) is 69.4 cm³/mol. The molecule has 0 aromatic rings. The summed E-state index contributed by atoms with van der Waals surface area (Å²) in [5.41, 5.74) is -6.72. The van der Waals surface area contributed by atoms with Crippen LogP contribution in [-0.2, 0) is 0 Å². The lowest BCUT2D eigenvalue weighted by Gasteiger charge is -2.30. The fourth-order valence-electron chi connectivity index (χ4n) is 2.15. The molecule has 0 N–H and O–H groups in total. The van der Waals surface area contributed by atoms with Crippen LogP contribution >= 0.6 is 0 Å². The van der Waals surface area contributed by atoms with Gasteiger partial charge in [0.2, 0.25) is 13.1 Å². The number of nitrogens with zero attached hydrogens (tertiary/aromatic N) is 8. The van der Waals surface area contributed by atoms with Gasteiger partial charge in [-0.05, 0) is 0 Å². The Morgan fingerprint density at radius 1 is 0.680 bits per heavy atom. The smallest absolute Gasteiger partial charge is 0.258 e. The maximum Gasteiger partial charge on any atom is 0.499 e. The molecular weight excluding hydrogens is 360 g/mol. The first-order valence-corrected chi connectivity index (χ1v) is 5.98. The second kappa shape index (κ2) is 6.37. The number of hydrogen-bond donors (Lipinski definition) is 0. The monoisotopic (exact) mass is 368 g/mol. The Labute approximate surface area is 134 Å². The minimum absolute atomic E-state index is 0.130. The highest BCUT2D eigenvalue weighted by Crippen LogP contribution is 2.25. The van der Waals surface area contributed by atoms with Crippen molar-refractivity contribution in [3.63, 3.8) is 0 Å². The van der Waals surface area contributed by atoms with Gasteiger partial charge in [-0.3, -0.25) is 40.5 Å². The van der Waals surface area contributed by atoms with Crippen LogP contribution in [0.5, 0.6) is 0 Å². The third-order valence-electron chi connectivity index (χ3n) is 3.45. The summed E-state index contributed by atoms with van der Waals surface area (Å²) in [4.78, 5) is 60.1. The summed E-state index contributed by atoms with van der Waals surface area (Å²) in [6.07, 6.45) is 0. The van der Waals surface area contributed by atoms with Crippen molar-refractivity contribution in [3.8, 4) is 0 Å². The minimum atomic E-state index is -3.36. The Morgan fingerprint density at radius 3 is 1.20 bits per heavy atom. The van der Waals surface area contributed by atoms with Crippen molar-refractivity contribution in [2.75, 3.05) is 26.2 Å². The zero-order valence-electron chi connectivity index (χ0n) is 11.9. The number of rotatable bonds is 6. The average molecular weight is 368 g/mol. The van der Waals surface area contributed by atoms with E-state index in [1.54, 1.807) is 0 Å². The van der Waals surface area contributed by atoms with Crippen LogP contribution in [0.25, 0.3) is 0 Å². The molecule has 0 aromatic heterocycles. The van der Waals surface area contributed by atoms with Gasteiger partial charge in [0.1, 0.15) is 19.7 Å². The zero-order chi connectivity index (χ0) is 19.6. The summed E-state index contributed by atoms with van der Waals surface area (Å²) in [5, 5.41) is 55.6. The fourth-order valence-corrected chi connectivity index (χ4v) is 2.15. The van der Waals surface area contributed by atoms with Gasteiger partial charge in [-0.15, -0.1) is 4.91 Å². The summed E-state index contributed by atoms with van der Waals surface area (Å²) in [6, 6.07) is 0. The SMILES string of the molecule is O=NN1CC([N+](=O)[O-])([N+](=O)[O-])CN([N+](=O)[O-])CC([N+](=O)[O-])([N+](=O)[O-])C1. The van der Waals surface area contributed by atoms with Gasteiger partial charge in [0.15, 0.2) is 18.1 Å². The summed E-state index contributed by atoms with van der Waals surface area (Å²) in [5.74, 6) is 0. The van der Waals surface area contributed by atoms with Gasteiger partial charge in [0.05, 0.1) is 5.29 Å². The molecule has 0 radical (unpaired) electrons. The van der Waals surface area contributed by atoms with Crippen molar-refractivity contribution >= 4 is 0 Å². The third-order valence-corrected chi connectivity index (χ3v) is 3.45. The maximum atomic E-state index is 11.1. The van der Waals surface area contributed by atoms with Gasteiger partial charge in [-0.1, -0.05) is 5.01 Å². The molecule has 138 valence electrons. The molecule has 1 aliphatic heterocycles. The highest BCUT2D eigenvalue weighted by Gasteiger charge is 2.70. The van der Waals surface area contributed by atoms with Crippen LogP contribution < -0.4 is 0 Å². The summed E-state index contributed by atoms with van der Waals surface area (Å²) in [6.45, 7) is -6.44. The zero-order valence-corrected chi connectivity index (χ0v) is 11.9. The molecule has 0 unspecified atom stereocenters. The van der Waals surface area contributed by atoms with E-state index < -0.39 is 62.2 Å². The van der Waals surface area contributed by atoms with E-state index in [4.69, 9.17) is 0 Å². The topological polar surface area (TPSA) is 252 Å². The van der Waals surface area contributed by atoms with E-state index in [0.29, 0.717) is 0 Å². The van der Waals surface area contributed by atoms with Crippen LogP contribution in [0, 0.1) is 55.5 Å². The van der Waals surface area contributed by atoms with E-state index in [1.165, 1.54) is 0 Å². The van der Waals surface area contributed by atoms with Crippen molar-refractivity contribution in [2.45, 2.75) is 11.3 Å². The molecule has 1 aliphatic rings. The van der Waals surface area contributed by atoms with Crippen LogP contribution in [0.4, 0.5) is 0 Å². The van der Waals surface area contributed by atoms with Crippen molar-refractivity contribution in [1.82, 2.24) is 10.0 Å². The highest BCUT2D eigenvalue weighted by atomic mass is 16.7. The second-order valence-corrected chi connectivity index (χ2v) is 4.96. The van der Waals surface area contributed by atoms with E-state index in [0.717, 1.165) is 0 Å². The van der Waals surface area contributed by atoms with Crippen molar-refractivity contribution in [3.05, 3.63) is 55.5 Å². The lowest BCUT2D eigenvalue weighted by Crippen LogP contribution is -2.69. The predicted octanol–water partition coefficient (Wildman–Crippen LogP) is -2.02. The molecule has 0 saturated carbocycles. The first-order valence-electron chi connectivity index (χ1n) is 5.98. The largest absolute Gasteiger partial charge is 0.499 e. The quantitative estimate of drug-likeness (QED) is 0.212. The summed E-state index contributed by atoms with van der Waals surface area (Å²) < 4.78 is 0. The minimum Gasteiger partial charge on any atom is -0.258 e. The molecule has 1 fully saturated rings. The lowest BCUT2D eigenvalue weighted by molar-refractivity contribution is -0.832. The molecular formula is C6H8N8O11. The Kier molecular flexibility index (Phi) is 4.90. The number of hydrazine groups is 1. The lowest BCUT2D eigenvalue weighted by atomic mass is 10.1. The average Bonchev–Trinajstić information content (AvgIpc) is 2.46. The molecule has 0 spiro atoms. The Balaban J connectivity index is 3.57. The highest BCUT2D eigenvalue weighted by molar-refractivity contribution is 4.84. The standard InChI is InChI=1S/C6H8N8O11/c15-7-8-1-5(10(16)17,11(18)19)3-9(14(24)25)4-6(2-8,12(20)21)13(22)23/h1-4H2. The molecule has 0 aromatic carbocycles. The van der Waals surface area contributed by atoms with Crippen LogP contribution in [0.15, 0.2) is 5.29 Å². The summed E-state index contributed by atoms with van der Waals surface area (Å²) >= 11 is 0. The van der Waals surface area contributed by atoms with Crippen LogP contribution in [-0.4, -0.2) is 72.2 Å². The van der Waals surface area contributed by atoms with Gasteiger partial charge in [-0.2, -0.15) is 0 Å². The number of hydrogen-bond acceptors (Lipinski definition) is 12. The van der Waals surface area contributed by atoms with Crippen molar-refractivity contribution < 1.29 is 24.7 Å². The second-order valence-electron chi connectivity index (χ2n) is 4.96. The van der Waals surface area contributed by atoms with Gasteiger partial charge in [0.25, 0.3) is 0 Å². The van der Waals surface area contributed by atoms with Gasteiger partial charge < -0.3 is 0 Å². The van der Waals surface area contributed by atoms with E-state index in [2.05, 4.69) is 5.29 Å². The molecule has 19 heteroatoms. The van der Waals surface area contributed by atoms with Gasteiger partial charge >= 0.3 is 11.3 Å². The summed E-state index contributed by atoms with van der Waals surface area (Å²) in [7, 11) is 0. The molecule has 0 amide bonds. The number of nitroso groups, excluding NO2 is 1. The molecule has 1 heterocycles. The van der Waals surface area contributed by atoms with Crippen LogP contribution in [0.1, 0.15) is 0 Å².